The van der Waals surface area contributed by atoms with Crippen molar-refractivity contribution in [2.75, 3.05) is 28.4 Å². The Hall–Kier alpha value is -2.90. The van der Waals surface area contributed by atoms with E-state index in [1.54, 1.807) is 19.1 Å². The average Bonchev–Trinajstić information content (AvgIpc) is 2.96. The largest absolute Gasteiger partial charge is 0.496 e. The summed E-state index contributed by atoms with van der Waals surface area (Å²) >= 11 is 0. The Morgan fingerprint density at radius 3 is 2.08 bits per heavy atom. The molecule has 0 saturated carbocycles. The van der Waals surface area contributed by atoms with Crippen molar-refractivity contribution in [3.8, 4) is 17.2 Å². The highest BCUT2D eigenvalue weighted by molar-refractivity contribution is 5.72. The van der Waals surface area contributed by atoms with Crippen molar-refractivity contribution in [1.29, 1.82) is 0 Å². The van der Waals surface area contributed by atoms with Crippen LogP contribution in [-0.4, -0.2) is 44.6 Å². The van der Waals surface area contributed by atoms with Crippen molar-refractivity contribution in [2.24, 2.45) is 0 Å². The molecule has 8 heteroatoms. The molecule has 1 atom stereocenters. The highest BCUT2D eigenvalue weighted by Gasteiger charge is 2.28. The van der Waals surface area contributed by atoms with Gasteiger partial charge in [-0.15, -0.1) is 0 Å². The van der Waals surface area contributed by atoms with Crippen molar-refractivity contribution >= 4 is 5.97 Å². The van der Waals surface area contributed by atoms with E-state index in [0.717, 1.165) is 0 Å². The molecule has 2 aromatic rings. The first kappa shape index (κ1) is 18.4. The molecule has 0 unspecified atom stereocenters. The number of esters is 1. The predicted molar refractivity (Wildman–Crippen MR) is 90.7 cm³/mol. The van der Waals surface area contributed by atoms with Gasteiger partial charge in [0, 0.05) is 28.8 Å². The molecule has 0 saturated heterocycles. The lowest BCUT2D eigenvalue weighted by Gasteiger charge is -2.20. The molecule has 0 spiro atoms. The summed E-state index contributed by atoms with van der Waals surface area (Å²) in [6, 6.07) is 3.37. The van der Waals surface area contributed by atoms with Gasteiger partial charge in [0.1, 0.15) is 5.75 Å². The molecule has 0 aliphatic rings. The van der Waals surface area contributed by atoms with Crippen LogP contribution < -0.4 is 19.8 Å². The average molecular weight is 350 g/mol. The van der Waals surface area contributed by atoms with E-state index in [4.69, 9.17) is 18.9 Å². The van der Waals surface area contributed by atoms with Crippen LogP contribution in [0.5, 0.6) is 17.2 Å². The molecule has 0 aliphatic carbocycles. The second-order valence-electron chi connectivity index (χ2n) is 5.40. The molecule has 0 amide bonds. The summed E-state index contributed by atoms with van der Waals surface area (Å²) in [5, 5.41) is 5.32. The van der Waals surface area contributed by atoms with Crippen LogP contribution in [0.15, 0.2) is 16.9 Å². The molecule has 136 valence electrons. The summed E-state index contributed by atoms with van der Waals surface area (Å²) in [7, 11) is 5.84. The van der Waals surface area contributed by atoms with Crippen LogP contribution in [0.4, 0.5) is 0 Å². The van der Waals surface area contributed by atoms with Crippen LogP contribution in [-0.2, 0) is 9.53 Å². The number of carbonyl (C=O) groups excluding carboxylic acids is 1. The monoisotopic (exact) mass is 350 g/mol. The number of ether oxygens (including phenoxy) is 4. The Morgan fingerprint density at radius 2 is 1.60 bits per heavy atom. The van der Waals surface area contributed by atoms with Crippen molar-refractivity contribution in [3.63, 3.8) is 0 Å². The van der Waals surface area contributed by atoms with E-state index in [9.17, 15) is 9.59 Å². The third-order valence-electron chi connectivity index (χ3n) is 4.07. The maximum atomic E-state index is 12.3. The Morgan fingerprint density at radius 1 is 1.00 bits per heavy atom. The lowest BCUT2D eigenvalue weighted by Crippen LogP contribution is -2.18. The Labute approximate surface area is 145 Å². The lowest BCUT2D eigenvalue weighted by atomic mass is 9.87. The highest BCUT2D eigenvalue weighted by Crippen LogP contribution is 2.41. The maximum Gasteiger partial charge on any atom is 0.306 e. The van der Waals surface area contributed by atoms with Crippen molar-refractivity contribution in [3.05, 3.63) is 39.3 Å². The molecule has 1 aromatic heterocycles. The van der Waals surface area contributed by atoms with Crippen LogP contribution in [0.1, 0.15) is 29.2 Å². The van der Waals surface area contributed by atoms with Gasteiger partial charge < -0.3 is 24.0 Å². The molecular weight excluding hydrogens is 328 g/mol. The summed E-state index contributed by atoms with van der Waals surface area (Å²) in [5.41, 5.74) is 1.40. The number of H-pyrrole nitrogens is 2. The molecular formula is C17H22N2O6. The molecule has 1 heterocycles. The molecule has 0 aliphatic heterocycles. The predicted octanol–water partition coefficient (Wildman–Crippen LogP) is 1.73. The third kappa shape index (κ3) is 3.62. The van der Waals surface area contributed by atoms with Crippen LogP contribution in [0.3, 0.4) is 0 Å². The molecule has 0 bridgehead atoms. The first-order valence-corrected chi connectivity index (χ1v) is 7.60. The zero-order valence-corrected chi connectivity index (χ0v) is 14.9. The summed E-state index contributed by atoms with van der Waals surface area (Å²) in [6.45, 7) is 1.75. The first-order chi connectivity index (χ1) is 12.0. The SMILES string of the molecule is COC(=O)C[C@@H](c1cc(OC)c(OC)cc1OC)c1c(C)[nH][nH]c1=O. The van der Waals surface area contributed by atoms with Crippen LogP contribution in [0, 0.1) is 6.92 Å². The normalized spacial score (nSPS) is 11.7. The third-order valence-corrected chi connectivity index (χ3v) is 4.07. The first-order valence-electron chi connectivity index (χ1n) is 7.60. The maximum absolute atomic E-state index is 12.3. The smallest absolute Gasteiger partial charge is 0.306 e. The highest BCUT2D eigenvalue weighted by atomic mass is 16.5. The van der Waals surface area contributed by atoms with Gasteiger partial charge in [-0.05, 0) is 13.0 Å². The summed E-state index contributed by atoms with van der Waals surface area (Å²) < 4.78 is 20.9. The van der Waals surface area contributed by atoms with Gasteiger partial charge in [0.15, 0.2) is 11.5 Å². The number of methoxy groups -OCH3 is 4. The van der Waals surface area contributed by atoms with E-state index in [2.05, 4.69) is 10.2 Å². The van der Waals surface area contributed by atoms with Crippen molar-refractivity contribution in [1.82, 2.24) is 10.2 Å². The number of aromatic nitrogens is 2. The zero-order valence-electron chi connectivity index (χ0n) is 14.9. The Bertz CT molecular complexity index is 808. The fourth-order valence-electron chi connectivity index (χ4n) is 2.82. The molecule has 25 heavy (non-hydrogen) atoms. The van der Waals surface area contributed by atoms with Gasteiger partial charge in [-0.25, -0.2) is 0 Å². The lowest BCUT2D eigenvalue weighted by molar-refractivity contribution is -0.140. The molecule has 2 N–H and O–H groups in total. The number of aryl methyl sites for hydroxylation is 1. The minimum atomic E-state index is -0.572. The summed E-state index contributed by atoms with van der Waals surface area (Å²) in [6.07, 6.45) is -0.0237. The fourth-order valence-corrected chi connectivity index (χ4v) is 2.82. The van der Waals surface area contributed by atoms with Gasteiger partial charge >= 0.3 is 5.97 Å². The minimum absolute atomic E-state index is 0.0237. The van der Waals surface area contributed by atoms with Gasteiger partial charge in [-0.1, -0.05) is 0 Å². The number of rotatable bonds is 7. The number of hydrogen-bond acceptors (Lipinski definition) is 6. The number of nitrogens with one attached hydrogen (secondary N) is 2. The Kier molecular flexibility index (Phi) is 5.74. The quantitative estimate of drug-likeness (QED) is 0.737. The van der Waals surface area contributed by atoms with E-state index in [1.165, 1.54) is 28.4 Å². The van der Waals surface area contributed by atoms with Crippen LogP contribution in [0.2, 0.25) is 0 Å². The van der Waals surface area contributed by atoms with E-state index in [1.807, 2.05) is 0 Å². The molecule has 1 aromatic carbocycles. The molecule has 2 rings (SSSR count). The second-order valence-corrected chi connectivity index (χ2v) is 5.40. The minimum Gasteiger partial charge on any atom is -0.496 e. The number of aromatic amines is 2. The van der Waals surface area contributed by atoms with Gasteiger partial charge in [0.25, 0.3) is 5.56 Å². The molecule has 0 radical (unpaired) electrons. The molecule has 0 fully saturated rings. The zero-order chi connectivity index (χ0) is 18.6. The van der Waals surface area contributed by atoms with Crippen LogP contribution >= 0.6 is 0 Å². The number of carbonyl (C=O) groups is 1. The number of benzene rings is 1. The summed E-state index contributed by atoms with van der Waals surface area (Å²) in [4.78, 5) is 24.2. The van der Waals surface area contributed by atoms with E-state index < -0.39 is 11.9 Å². The van der Waals surface area contributed by atoms with E-state index >= 15 is 0 Å². The number of hydrogen-bond donors (Lipinski definition) is 2. The topological polar surface area (TPSA) is 103 Å². The van der Waals surface area contributed by atoms with Crippen molar-refractivity contribution in [2.45, 2.75) is 19.3 Å². The fraction of sp³-hybridized carbons (Fsp3) is 0.412. The summed E-state index contributed by atoms with van der Waals surface area (Å²) in [5.74, 6) is 0.419. The molecule has 8 nitrogen and oxygen atoms in total. The van der Waals surface area contributed by atoms with Crippen molar-refractivity contribution < 1.29 is 23.7 Å². The van der Waals surface area contributed by atoms with E-state index in [0.29, 0.717) is 34.1 Å². The second kappa shape index (κ2) is 7.78. The van der Waals surface area contributed by atoms with Gasteiger partial charge in [0.05, 0.1) is 34.9 Å². The Balaban J connectivity index is 2.69. The standard InChI is InChI=1S/C17H22N2O6/c1-9-16(17(21)19-18-9)11(7-15(20)25-5)10-6-13(23-3)14(24-4)8-12(10)22-2/h6,8,11H,7H2,1-5H3,(H2,18,19,21)/t11-/m0/s1. The van der Waals surface area contributed by atoms with E-state index in [-0.39, 0.29) is 12.0 Å². The van der Waals surface area contributed by atoms with Gasteiger partial charge in [-0.2, -0.15) is 0 Å². The van der Waals surface area contributed by atoms with Gasteiger partial charge in [-0.3, -0.25) is 14.7 Å². The van der Waals surface area contributed by atoms with Gasteiger partial charge in [0.2, 0.25) is 0 Å². The van der Waals surface area contributed by atoms with Crippen LogP contribution in [0.25, 0.3) is 0 Å².